The number of hydrogen-bond donors (Lipinski definition) is 2. The zero-order valence-corrected chi connectivity index (χ0v) is 15.5. The summed E-state index contributed by atoms with van der Waals surface area (Å²) in [5.41, 5.74) is 8.72. The molecular formula is C20H21N5O3. The lowest BCUT2D eigenvalue weighted by molar-refractivity contribution is 0.297. The Morgan fingerprint density at radius 1 is 1.18 bits per heavy atom. The minimum atomic E-state index is -0.332. The van der Waals surface area contributed by atoms with Gasteiger partial charge in [-0.2, -0.15) is 0 Å². The van der Waals surface area contributed by atoms with Gasteiger partial charge in [0.1, 0.15) is 5.75 Å². The Hall–Kier alpha value is -3.42. The van der Waals surface area contributed by atoms with Gasteiger partial charge >= 0.3 is 0 Å². The lowest BCUT2D eigenvalue weighted by Crippen LogP contribution is -2.31. The lowest BCUT2D eigenvalue weighted by Gasteiger charge is -2.24. The van der Waals surface area contributed by atoms with E-state index in [1.165, 1.54) is 0 Å². The van der Waals surface area contributed by atoms with E-state index in [-0.39, 0.29) is 6.17 Å². The number of aromatic nitrogens is 2. The molecule has 2 aromatic carbocycles. The van der Waals surface area contributed by atoms with Crippen molar-refractivity contribution in [3.63, 3.8) is 0 Å². The summed E-state index contributed by atoms with van der Waals surface area (Å²) in [5, 5.41) is 3.06. The summed E-state index contributed by atoms with van der Waals surface area (Å²) in [6.45, 7) is 3.85. The largest absolute Gasteiger partial charge is 0.494 e. The molecule has 2 aliphatic rings. The summed E-state index contributed by atoms with van der Waals surface area (Å²) in [6, 6.07) is 11.7. The minimum Gasteiger partial charge on any atom is -0.494 e. The lowest BCUT2D eigenvalue weighted by atomic mass is 10.1. The van der Waals surface area contributed by atoms with Crippen LogP contribution in [0.1, 0.15) is 25.1 Å². The van der Waals surface area contributed by atoms with Crippen molar-refractivity contribution in [2.24, 2.45) is 10.7 Å². The van der Waals surface area contributed by atoms with Crippen LogP contribution in [-0.4, -0.2) is 35.3 Å². The number of anilines is 1. The summed E-state index contributed by atoms with van der Waals surface area (Å²) in [4.78, 5) is 9.31. The molecule has 8 nitrogen and oxygen atoms in total. The van der Waals surface area contributed by atoms with E-state index < -0.39 is 0 Å². The smallest absolute Gasteiger partial charge is 0.212 e. The first-order chi connectivity index (χ1) is 13.7. The maximum Gasteiger partial charge on any atom is 0.212 e. The van der Waals surface area contributed by atoms with E-state index in [4.69, 9.17) is 24.9 Å². The Morgan fingerprint density at radius 2 is 1.93 bits per heavy atom. The van der Waals surface area contributed by atoms with Crippen LogP contribution in [0.25, 0.3) is 11.0 Å². The zero-order chi connectivity index (χ0) is 19.1. The molecule has 0 fully saturated rings. The van der Waals surface area contributed by atoms with Crippen LogP contribution in [0.5, 0.6) is 17.2 Å². The molecule has 5 rings (SSSR count). The van der Waals surface area contributed by atoms with Crippen LogP contribution in [-0.2, 0) is 0 Å². The Kier molecular flexibility index (Phi) is 3.96. The van der Waals surface area contributed by atoms with Crippen LogP contribution in [0.2, 0.25) is 0 Å². The maximum absolute atomic E-state index is 6.03. The van der Waals surface area contributed by atoms with Gasteiger partial charge in [0, 0.05) is 18.6 Å². The summed E-state index contributed by atoms with van der Waals surface area (Å²) >= 11 is 0. The number of nitrogens with one attached hydrogen (secondary N) is 1. The Bertz CT molecular complexity index is 1060. The topological polar surface area (TPSA) is 95.9 Å². The van der Waals surface area contributed by atoms with E-state index in [0.717, 1.165) is 34.5 Å². The number of rotatable bonds is 3. The first-order valence-corrected chi connectivity index (χ1v) is 9.37. The number of nitrogens with zero attached hydrogens (tertiary/aromatic N) is 3. The standard InChI is InChI=1S/C20H21N5O3/c1-2-26-13-6-4-12(5-7-13)18-23-19(21)24-20-22-14-10-16-17(11-15(14)25(18)20)28-9-3-8-27-16/h4-7,10-11,18H,2-3,8-9H2,1H3,(H3,21,22,23,24). The number of fused-ring (bicyclic) bond motifs is 4. The molecule has 0 aliphatic carbocycles. The third-order valence-electron chi connectivity index (χ3n) is 4.79. The SMILES string of the molecule is CCOc1ccc(C2N=C(N)Nc3nc4cc5c(cc4n32)OCCCO5)cc1. The first-order valence-electron chi connectivity index (χ1n) is 9.37. The van der Waals surface area contributed by atoms with Gasteiger partial charge in [0.25, 0.3) is 0 Å². The van der Waals surface area contributed by atoms with Gasteiger partial charge in [-0.3, -0.25) is 9.88 Å². The van der Waals surface area contributed by atoms with Gasteiger partial charge in [-0.25, -0.2) is 9.98 Å². The molecular weight excluding hydrogens is 358 g/mol. The van der Waals surface area contributed by atoms with E-state index in [2.05, 4.69) is 10.3 Å². The van der Waals surface area contributed by atoms with E-state index in [1.54, 1.807) is 0 Å². The fourth-order valence-electron chi connectivity index (χ4n) is 3.55. The highest BCUT2D eigenvalue weighted by molar-refractivity contribution is 5.95. The number of guanidine groups is 1. The Labute approximate surface area is 161 Å². The van der Waals surface area contributed by atoms with Gasteiger partial charge < -0.3 is 19.9 Å². The van der Waals surface area contributed by atoms with Crippen molar-refractivity contribution in [2.45, 2.75) is 19.5 Å². The molecule has 3 N–H and O–H groups in total. The van der Waals surface area contributed by atoms with E-state index in [9.17, 15) is 0 Å². The molecule has 8 heteroatoms. The molecule has 3 heterocycles. The predicted molar refractivity (Wildman–Crippen MR) is 106 cm³/mol. The van der Waals surface area contributed by atoms with Crippen LogP contribution >= 0.6 is 0 Å². The van der Waals surface area contributed by atoms with Crippen molar-refractivity contribution in [1.82, 2.24) is 9.55 Å². The van der Waals surface area contributed by atoms with Crippen molar-refractivity contribution in [3.05, 3.63) is 42.0 Å². The van der Waals surface area contributed by atoms with Gasteiger partial charge in [0.05, 0.1) is 30.9 Å². The van der Waals surface area contributed by atoms with Crippen LogP contribution < -0.4 is 25.3 Å². The minimum absolute atomic E-state index is 0.329. The maximum atomic E-state index is 6.03. The zero-order valence-electron chi connectivity index (χ0n) is 15.5. The average Bonchev–Trinajstić information content (AvgIpc) is 2.88. The fourth-order valence-corrected chi connectivity index (χ4v) is 3.55. The second-order valence-electron chi connectivity index (χ2n) is 6.66. The molecule has 1 unspecified atom stereocenters. The number of ether oxygens (including phenoxy) is 3. The Morgan fingerprint density at radius 3 is 2.68 bits per heavy atom. The number of nitrogens with two attached hydrogens (primary N) is 1. The number of hydrogen-bond acceptors (Lipinski definition) is 7. The molecule has 1 atom stereocenters. The van der Waals surface area contributed by atoms with Crippen LogP contribution in [0.3, 0.4) is 0 Å². The predicted octanol–water partition coefficient (Wildman–Crippen LogP) is 2.88. The highest BCUT2D eigenvalue weighted by Crippen LogP contribution is 2.39. The number of aliphatic imine (C=N–C) groups is 1. The summed E-state index contributed by atoms with van der Waals surface area (Å²) in [6.07, 6.45) is 0.524. The molecule has 0 amide bonds. The molecule has 0 saturated heterocycles. The van der Waals surface area contributed by atoms with Gasteiger partial charge in [0.2, 0.25) is 5.95 Å². The highest BCUT2D eigenvalue weighted by Gasteiger charge is 2.27. The van der Waals surface area contributed by atoms with Gasteiger partial charge in [-0.15, -0.1) is 0 Å². The van der Waals surface area contributed by atoms with Crippen molar-refractivity contribution < 1.29 is 14.2 Å². The van der Waals surface area contributed by atoms with E-state index in [0.29, 0.717) is 37.5 Å². The first kappa shape index (κ1) is 16.7. The molecule has 0 saturated carbocycles. The molecule has 0 radical (unpaired) electrons. The number of benzene rings is 2. The van der Waals surface area contributed by atoms with Gasteiger partial charge in [-0.1, -0.05) is 12.1 Å². The number of imidazole rings is 1. The molecule has 0 spiro atoms. The monoisotopic (exact) mass is 379 g/mol. The third kappa shape index (κ3) is 2.77. The molecule has 144 valence electrons. The van der Waals surface area contributed by atoms with Gasteiger partial charge in [0.15, 0.2) is 23.6 Å². The second-order valence-corrected chi connectivity index (χ2v) is 6.66. The highest BCUT2D eigenvalue weighted by atomic mass is 16.5. The van der Waals surface area contributed by atoms with E-state index >= 15 is 0 Å². The van der Waals surface area contributed by atoms with Crippen LogP contribution in [0, 0.1) is 0 Å². The molecule has 28 heavy (non-hydrogen) atoms. The Balaban J connectivity index is 1.63. The normalized spacial score (nSPS) is 18.0. The van der Waals surface area contributed by atoms with Crippen molar-refractivity contribution in [1.29, 1.82) is 0 Å². The summed E-state index contributed by atoms with van der Waals surface area (Å²) < 4.78 is 19.2. The molecule has 0 bridgehead atoms. The van der Waals surface area contributed by atoms with Crippen molar-refractivity contribution >= 4 is 22.9 Å². The van der Waals surface area contributed by atoms with Gasteiger partial charge in [-0.05, 0) is 24.6 Å². The van der Waals surface area contributed by atoms with Crippen LogP contribution in [0.4, 0.5) is 5.95 Å². The second kappa shape index (κ2) is 6.63. The average molecular weight is 379 g/mol. The van der Waals surface area contributed by atoms with Crippen molar-refractivity contribution in [2.75, 3.05) is 25.1 Å². The third-order valence-corrected chi connectivity index (χ3v) is 4.79. The molecule has 3 aromatic rings. The quantitative estimate of drug-likeness (QED) is 0.726. The summed E-state index contributed by atoms with van der Waals surface area (Å²) in [5.74, 6) is 3.23. The molecule has 1 aromatic heterocycles. The van der Waals surface area contributed by atoms with E-state index in [1.807, 2.05) is 47.9 Å². The van der Waals surface area contributed by atoms with Crippen molar-refractivity contribution in [3.8, 4) is 17.2 Å². The molecule has 2 aliphatic heterocycles. The summed E-state index contributed by atoms with van der Waals surface area (Å²) in [7, 11) is 0. The van der Waals surface area contributed by atoms with Crippen LogP contribution in [0.15, 0.2) is 41.4 Å². The fraction of sp³-hybridized carbons (Fsp3) is 0.300.